The number of alkyl halides is 6. The molecule has 11 heteroatoms. The Balaban J connectivity index is 1.90. The molecule has 1 aliphatic carbocycles. The van der Waals surface area contributed by atoms with Crippen LogP contribution in [0.2, 0.25) is 0 Å². The van der Waals surface area contributed by atoms with Crippen molar-refractivity contribution >= 4 is 5.78 Å². The van der Waals surface area contributed by atoms with Crippen molar-refractivity contribution in [3.05, 3.63) is 52.1 Å². The van der Waals surface area contributed by atoms with Gasteiger partial charge in [0.05, 0.1) is 29.3 Å². The van der Waals surface area contributed by atoms with Gasteiger partial charge in [-0.2, -0.15) is 31.6 Å². The second-order valence-corrected chi connectivity index (χ2v) is 8.13. The highest BCUT2D eigenvalue weighted by Crippen LogP contribution is 2.48. The monoisotopic (exact) mass is 471 g/mol. The van der Waals surface area contributed by atoms with E-state index < -0.39 is 47.6 Å². The van der Waals surface area contributed by atoms with Crippen molar-refractivity contribution in [1.29, 1.82) is 5.26 Å². The van der Waals surface area contributed by atoms with Gasteiger partial charge in [-0.25, -0.2) is 4.98 Å². The summed E-state index contributed by atoms with van der Waals surface area (Å²) in [4.78, 5) is 29.3. The van der Waals surface area contributed by atoms with Crippen molar-refractivity contribution in [2.45, 2.75) is 57.4 Å². The van der Waals surface area contributed by atoms with E-state index in [1.54, 1.807) is 0 Å². The van der Waals surface area contributed by atoms with E-state index >= 15 is 0 Å². The van der Waals surface area contributed by atoms with Crippen LogP contribution >= 0.6 is 0 Å². The summed E-state index contributed by atoms with van der Waals surface area (Å²) in [6.07, 6.45) is -9.70. The summed E-state index contributed by atoms with van der Waals surface area (Å²) in [5.41, 5.74) is -2.18. The molecule has 33 heavy (non-hydrogen) atoms. The Morgan fingerprint density at radius 1 is 1.12 bits per heavy atom. The first-order valence-corrected chi connectivity index (χ1v) is 10.1. The Hall–Kier alpha value is -3.16. The van der Waals surface area contributed by atoms with E-state index in [-0.39, 0.29) is 36.3 Å². The first-order chi connectivity index (χ1) is 15.3. The summed E-state index contributed by atoms with van der Waals surface area (Å²) in [5, 5.41) is 9.15. The maximum Gasteiger partial charge on any atom is 0.416 e. The average Bonchev–Trinajstić information content (AvgIpc) is 3.48. The Morgan fingerprint density at radius 2 is 1.76 bits per heavy atom. The zero-order valence-electron chi connectivity index (χ0n) is 17.3. The summed E-state index contributed by atoms with van der Waals surface area (Å²) >= 11 is 0. The fourth-order valence-electron chi connectivity index (χ4n) is 3.43. The number of carbonyl (C=O) groups is 1. The molecule has 1 aliphatic rings. The largest absolute Gasteiger partial charge is 0.416 e. The van der Waals surface area contributed by atoms with Crippen LogP contribution in [-0.2, 0) is 23.9 Å². The van der Waals surface area contributed by atoms with E-state index in [1.807, 2.05) is 0 Å². The number of carbonyl (C=O) groups excluding carboxylic acids is 1. The molecular formula is C22H19F6N3O2. The smallest absolute Gasteiger partial charge is 0.298 e. The predicted molar refractivity (Wildman–Crippen MR) is 105 cm³/mol. The lowest BCUT2D eigenvalue weighted by atomic mass is 10.0. The summed E-state index contributed by atoms with van der Waals surface area (Å²) in [5.74, 6) is -0.492. The van der Waals surface area contributed by atoms with Crippen molar-refractivity contribution in [3.63, 3.8) is 0 Å². The van der Waals surface area contributed by atoms with E-state index in [9.17, 15) is 35.9 Å². The number of nitrogens with zero attached hydrogens (tertiary/aromatic N) is 3. The van der Waals surface area contributed by atoms with Crippen molar-refractivity contribution in [2.75, 3.05) is 0 Å². The zero-order chi connectivity index (χ0) is 24.4. The zero-order valence-corrected chi connectivity index (χ0v) is 17.3. The molecule has 0 bridgehead atoms. The maximum absolute atomic E-state index is 12.8. The molecule has 0 amide bonds. The first kappa shape index (κ1) is 24.5. The van der Waals surface area contributed by atoms with Gasteiger partial charge >= 0.3 is 12.4 Å². The van der Waals surface area contributed by atoms with Crippen LogP contribution in [-0.4, -0.2) is 21.5 Å². The average molecular weight is 471 g/mol. The fourth-order valence-corrected chi connectivity index (χ4v) is 3.43. The molecule has 0 spiro atoms. The topological polar surface area (TPSA) is 75.8 Å². The first-order valence-electron chi connectivity index (χ1n) is 10.1. The van der Waals surface area contributed by atoms with Gasteiger partial charge in [-0.3, -0.25) is 14.2 Å². The summed E-state index contributed by atoms with van der Waals surface area (Å²) in [6.45, 7) is -0.441. The molecule has 0 aliphatic heterocycles. The third-order valence-corrected chi connectivity index (χ3v) is 5.42. The van der Waals surface area contributed by atoms with Crippen LogP contribution in [0.1, 0.15) is 43.5 Å². The summed E-state index contributed by atoms with van der Waals surface area (Å²) in [6, 6.07) is 6.95. The van der Waals surface area contributed by atoms with Crippen molar-refractivity contribution in [2.24, 2.45) is 5.41 Å². The second kappa shape index (κ2) is 9.00. The SMILES string of the molecule is N#CC1(CC(=O)Cn2c(CCCC(F)(F)F)nc(-c3ccc(C(F)(F)F)cc3)cc2=O)CC1. The molecular weight excluding hydrogens is 452 g/mol. The summed E-state index contributed by atoms with van der Waals surface area (Å²) in [7, 11) is 0. The minimum Gasteiger partial charge on any atom is -0.298 e. The molecule has 0 atom stereocenters. The van der Waals surface area contributed by atoms with Crippen LogP contribution in [0.3, 0.4) is 0 Å². The van der Waals surface area contributed by atoms with Gasteiger partial charge < -0.3 is 0 Å². The van der Waals surface area contributed by atoms with Gasteiger partial charge in [0.25, 0.3) is 5.56 Å². The number of rotatable bonds is 8. The van der Waals surface area contributed by atoms with Crippen LogP contribution in [0.15, 0.2) is 35.1 Å². The fraction of sp³-hybridized carbons (Fsp3) is 0.455. The standard InChI is InChI=1S/C22H19F6N3O2/c23-21(24,25)7-1-2-18-30-17(14-3-5-15(6-4-14)22(26,27)28)10-19(33)31(18)12-16(32)11-20(13-29)8-9-20/h3-6,10H,1-2,7-9,11-12H2. The minimum atomic E-state index is -4.55. The Bertz CT molecular complexity index is 1120. The number of benzene rings is 1. The van der Waals surface area contributed by atoms with Gasteiger partial charge in [0, 0.05) is 30.9 Å². The summed E-state index contributed by atoms with van der Waals surface area (Å²) < 4.78 is 77.1. The highest BCUT2D eigenvalue weighted by atomic mass is 19.4. The van der Waals surface area contributed by atoms with E-state index in [0.29, 0.717) is 12.8 Å². The molecule has 1 aromatic carbocycles. The third kappa shape index (κ3) is 6.43. The van der Waals surface area contributed by atoms with Gasteiger partial charge in [0.2, 0.25) is 0 Å². The minimum absolute atomic E-state index is 0.00452. The molecule has 0 unspecified atom stereocenters. The Labute approximate surface area is 184 Å². The number of nitriles is 1. The molecule has 1 fully saturated rings. The number of hydrogen-bond acceptors (Lipinski definition) is 4. The van der Waals surface area contributed by atoms with Crippen LogP contribution < -0.4 is 5.56 Å². The lowest BCUT2D eigenvalue weighted by Gasteiger charge is -2.15. The van der Waals surface area contributed by atoms with E-state index in [1.165, 1.54) is 0 Å². The highest BCUT2D eigenvalue weighted by molar-refractivity contribution is 5.80. The molecule has 0 N–H and O–H groups in total. The van der Waals surface area contributed by atoms with Gasteiger partial charge in [0.15, 0.2) is 5.78 Å². The number of aromatic nitrogens is 2. The van der Waals surface area contributed by atoms with Crippen LogP contribution in [0.25, 0.3) is 11.3 Å². The quantitative estimate of drug-likeness (QED) is 0.504. The molecule has 1 aromatic heterocycles. The molecule has 3 rings (SSSR count). The molecule has 0 radical (unpaired) electrons. The maximum atomic E-state index is 12.8. The van der Waals surface area contributed by atoms with E-state index in [2.05, 4.69) is 11.1 Å². The number of aryl methyl sites for hydroxylation is 1. The number of hydrogen-bond donors (Lipinski definition) is 0. The predicted octanol–water partition coefficient (Wildman–Crippen LogP) is 5.08. The second-order valence-electron chi connectivity index (χ2n) is 8.13. The molecule has 176 valence electrons. The number of Topliss-reactive ketones (excluding diaryl/α,β-unsaturated/α-hetero) is 1. The number of ketones is 1. The van der Waals surface area contributed by atoms with Crippen molar-refractivity contribution in [3.8, 4) is 17.3 Å². The normalized spacial score (nSPS) is 15.2. The lowest BCUT2D eigenvalue weighted by molar-refractivity contribution is -0.137. The molecule has 0 saturated heterocycles. The lowest BCUT2D eigenvalue weighted by Crippen LogP contribution is -2.29. The molecule has 2 aromatic rings. The van der Waals surface area contributed by atoms with Crippen LogP contribution in [0.4, 0.5) is 26.3 Å². The third-order valence-electron chi connectivity index (χ3n) is 5.42. The van der Waals surface area contributed by atoms with Crippen molar-refractivity contribution in [1.82, 2.24) is 9.55 Å². The van der Waals surface area contributed by atoms with Crippen LogP contribution in [0, 0.1) is 16.7 Å². The van der Waals surface area contributed by atoms with Crippen molar-refractivity contribution < 1.29 is 31.1 Å². The van der Waals surface area contributed by atoms with Gasteiger partial charge in [-0.1, -0.05) is 12.1 Å². The Kier molecular flexibility index (Phi) is 6.68. The molecule has 1 saturated carbocycles. The van der Waals surface area contributed by atoms with E-state index in [4.69, 9.17) is 5.26 Å². The van der Waals surface area contributed by atoms with Gasteiger partial charge in [-0.05, 0) is 31.4 Å². The van der Waals surface area contributed by atoms with E-state index in [0.717, 1.165) is 34.9 Å². The van der Waals surface area contributed by atoms with Gasteiger partial charge in [-0.15, -0.1) is 0 Å². The molecule has 1 heterocycles. The highest BCUT2D eigenvalue weighted by Gasteiger charge is 2.44. The van der Waals surface area contributed by atoms with Gasteiger partial charge in [0.1, 0.15) is 5.82 Å². The number of halogens is 6. The Morgan fingerprint density at radius 3 is 2.27 bits per heavy atom. The van der Waals surface area contributed by atoms with Crippen LogP contribution in [0.5, 0.6) is 0 Å². The molecule has 5 nitrogen and oxygen atoms in total.